The van der Waals surface area contributed by atoms with E-state index >= 15 is 0 Å². The predicted octanol–water partition coefficient (Wildman–Crippen LogP) is 2.40. The molecule has 2 rings (SSSR count). The van der Waals surface area contributed by atoms with Crippen molar-refractivity contribution in [2.24, 2.45) is 11.8 Å². The first-order valence-electron chi connectivity index (χ1n) is 7.02. The number of hydrogen-bond acceptors (Lipinski definition) is 4. The van der Waals surface area contributed by atoms with Gasteiger partial charge in [0.05, 0.1) is 18.8 Å². The molecule has 0 saturated carbocycles. The SMILES string of the molecule is CC(C)Oc1ccccc1C(NN)C1CCCOC1. The quantitative estimate of drug-likeness (QED) is 0.633. The third-order valence-electron chi connectivity index (χ3n) is 3.46. The Kier molecular flexibility index (Phi) is 5.19. The third-order valence-corrected chi connectivity index (χ3v) is 3.46. The second kappa shape index (κ2) is 6.89. The van der Waals surface area contributed by atoms with E-state index in [0.29, 0.717) is 5.92 Å². The van der Waals surface area contributed by atoms with E-state index in [1.54, 1.807) is 0 Å². The fourth-order valence-electron chi connectivity index (χ4n) is 2.61. The standard InChI is InChI=1S/C15H24N2O2/c1-11(2)19-14-8-4-3-7-13(14)15(17-16)12-6-5-9-18-10-12/h3-4,7-8,11-12,15,17H,5-6,9-10,16H2,1-2H3. The minimum Gasteiger partial charge on any atom is -0.491 e. The Labute approximate surface area is 115 Å². The first-order valence-corrected chi connectivity index (χ1v) is 7.02. The van der Waals surface area contributed by atoms with Crippen LogP contribution in [0.1, 0.15) is 38.3 Å². The van der Waals surface area contributed by atoms with Gasteiger partial charge in [-0.1, -0.05) is 18.2 Å². The highest BCUT2D eigenvalue weighted by Gasteiger charge is 2.27. The predicted molar refractivity (Wildman–Crippen MR) is 75.8 cm³/mol. The van der Waals surface area contributed by atoms with Crippen LogP contribution in [0.4, 0.5) is 0 Å². The minimum absolute atomic E-state index is 0.0789. The molecule has 0 bridgehead atoms. The Balaban J connectivity index is 2.21. The Morgan fingerprint density at radius 1 is 1.37 bits per heavy atom. The van der Waals surface area contributed by atoms with Gasteiger partial charge in [0.1, 0.15) is 5.75 Å². The molecule has 19 heavy (non-hydrogen) atoms. The molecule has 1 aromatic rings. The molecule has 2 atom stereocenters. The highest BCUT2D eigenvalue weighted by molar-refractivity contribution is 5.36. The summed E-state index contributed by atoms with van der Waals surface area (Å²) >= 11 is 0. The van der Waals surface area contributed by atoms with E-state index < -0.39 is 0 Å². The molecule has 1 aliphatic heterocycles. The molecule has 2 unspecified atom stereocenters. The average Bonchev–Trinajstić information content (AvgIpc) is 2.42. The summed E-state index contributed by atoms with van der Waals surface area (Å²) in [5.74, 6) is 7.08. The summed E-state index contributed by atoms with van der Waals surface area (Å²) in [7, 11) is 0. The van der Waals surface area contributed by atoms with Crippen LogP contribution >= 0.6 is 0 Å². The normalized spacial score (nSPS) is 21.4. The van der Waals surface area contributed by atoms with E-state index in [9.17, 15) is 0 Å². The van der Waals surface area contributed by atoms with Crippen LogP contribution in [0.2, 0.25) is 0 Å². The molecule has 4 heteroatoms. The van der Waals surface area contributed by atoms with E-state index in [4.69, 9.17) is 15.3 Å². The molecule has 0 aromatic heterocycles. The van der Waals surface area contributed by atoms with E-state index in [0.717, 1.165) is 37.4 Å². The Bertz CT molecular complexity index is 389. The van der Waals surface area contributed by atoms with Gasteiger partial charge >= 0.3 is 0 Å². The number of nitrogens with one attached hydrogen (secondary N) is 1. The van der Waals surface area contributed by atoms with Gasteiger partial charge in [-0.2, -0.15) is 0 Å². The maximum atomic E-state index is 5.88. The molecule has 1 saturated heterocycles. The second-order valence-corrected chi connectivity index (χ2v) is 5.33. The van der Waals surface area contributed by atoms with Crippen molar-refractivity contribution < 1.29 is 9.47 Å². The fraction of sp³-hybridized carbons (Fsp3) is 0.600. The van der Waals surface area contributed by atoms with E-state index in [1.165, 1.54) is 0 Å². The summed E-state index contributed by atoms with van der Waals surface area (Å²) in [4.78, 5) is 0. The van der Waals surface area contributed by atoms with Crippen molar-refractivity contribution >= 4 is 0 Å². The lowest BCUT2D eigenvalue weighted by Crippen LogP contribution is -2.37. The Morgan fingerprint density at radius 3 is 2.79 bits per heavy atom. The van der Waals surface area contributed by atoms with Gasteiger partial charge in [-0.25, -0.2) is 0 Å². The van der Waals surface area contributed by atoms with Gasteiger partial charge in [-0.05, 0) is 32.8 Å². The van der Waals surface area contributed by atoms with Gasteiger partial charge in [-0.15, -0.1) is 0 Å². The van der Waals surface area contributed by atoms with Crippen molar-refractivity contribution in [3.05, 3.63) is 29.8 Å². The lowest BCUT2D eigenvalue weighted by Gasteiger charge is -2.31. The van der Waals surface area contributed by atoms with Crippen molar-refractivity contribution in [2.75, 3.05) is 13.2 Å². The molecular weight excluding hydrogens is 240 g/mol. The molecule has 0 spiro atoms. The largest absolute Gasteiger partial charge is 0.491 e. The molecule has 4 nitrogen and oxygen atoms in total. The average molecular weight is 264 g/mol. The van der Waals surface area contributed by atoms with Gasteiger partial charge in [0, 0.05) is 18.1 Å². The molecule has 106 valence electrons. The molecule has 0 radical (unpaired) electrons. The third kappa shape index (κ3) is 3.69. The summed E-state index contributed by atoms with van der Waals surface area (Å²) in [5, 5.41) is 0. The Hall–Kier alpha value is -1.10. The van der Waals surface area contributed by atoms with Crippen LogP contribution in [0.5, 0.6) is 5.75 Å². The maximum Gasteiger partial charge on any atom is 0.124 e. The van der Waals surface area contributed by atoms with Crippen molar-refractivity contribution in [3.63, 3.8) is 0 Å². The lowest BCUT2D eigenvalue weighted by atomic mass is 9.88. The van der Waals surface area contributed by atoms with E-state index in [1.807, 2.05) is 32.0 Å². The number of benzene rings is 1. The van der Waals surface area contributed by atoms with Crippen LogP contribution < -0.4 is 16.0 Å². The topological polar surface area (TPSA) is 56.5 Å². The number of hydrazine groups is 1. The van der Waals surface area contributed by atoms with Crippen LogP contribution in [-0.2, 0) is 4.74 Å². The molecule has 3 N–H and O–H groups in total. The van der Waals surface area contributed by atoms with Crippen LogP contribution in [0.3, 0.4) is 0 Å². The maximum absolute atomic E-state index is 5.88. The van der Waals surface area contributed by atoms with Gasteiger partial charge in [0.2, 0.25) is 0 Å². The molecular formula is C15H24N2O2. The van der Waals surface area contributed by atoms with Crippen molar-refractivity contribution in [1.82, 2.24) is 5.43 Å². The number of ether oxygens (including phenoxy) is 2. The molecule has 1 aromatic carbocycles. The summed E-state index contributed by atoms with van der Waals surface area (Å²) in [5.41, 5.74) is 4.06. The summed E-state index contributed by atoms with van der Waals surface area (Å²) in [6, 6.07) is 8.18. The Morgan fingerprint density at radius 2 is 2.16 bits per heavy atom. The summed E-state index contributed by atoms with van der Waals surface area (Å²) < 4.78 is 11.5. The zero-order chi connectivity index (χ0) is 13.7. The zero-order valence-corrected chi connectivity index (χ0v) is 11.8. The zero-order valence-electron chi connectivity index (χ0n) is 11.8. The number of para-hydroxylation sites is 1. The number of rotatable bonds is 5. The molecule has 1 fully saturated rings. The van der Waals surface area contributed by atoms with Crippen LogP contribution in [0, 0.1) is 5.92 Å². The molecule has 0 amide bonds. The van der Waals surface area contributed by atoms with Crippen LogP contribution in [0.15, 0.2) is 24.3 Å². The van der Waals surface area contributed by atoms with Gasteiger partial charge in [0.25, 0.3) is 0 Å². The smallest absolute Gasteiger partial charge is 0.124 e. The minimum atomic E-state index is 0.0789. The summed E-state index contributed by atoms with van der Waals surface area (Å²) in [6.45, 7) is 5.68. The van der Waals surface area contributed by atoms with Crippen molar-refractivity contribution in [2.45, 2.75) is 38.8 Å². The van der Waals surface area contributed by atoms with Gasteiger partial charge < -0.3 is 9.47 Å². The monoisotopic (exact) mass is 264 g/mol. The van der Waals surface area contributed by atoms with Crippen molar-refractivity contribution in [3.8, 4) is 5.75 Å². The lowest BCUT2D eigenvalue weighted by molar-refractivity contribution is 0.0384. The van der Waals surface area contributed by atoms with Crippen LogP contribution in [0.25, 0.3) is 0 Å². The summed E-state index contributed by atoms with van der Waals surface area (Å²) in [6.07, 6.45) is 2.38. The number of hydrogen-bond donors (Lipinski definition) is 2. The molecule has 1 heterocycles. The number of nitrogens with two attached hydrogens (primary N) is 1. The van der Waals surface area contributed by atoms with Gasteiger partial charge in [0.15, 0.2) is 0 Å². The van der Waals surface area contributed by atoms with E-state index in [-0.39, 0.29) is 12.1 Å². The fourth-order valence-corrected chi connectivity index (χ4v) is 2.61. The van der Waals surface area contributed by atoms with Crippen LogP contribution in [-0.4, -0.2) is 19.3 Å². The van der Waals surface area contributed by atoms with Crippen molar-refractivity contribution in [1.29, 1.82) is 0 Å². The highest BCUT2D eigenvalue weighted by Crippen LogP contribution is 2.33. The first-order chi connectivity index (χ1) is 9.22. The second-order valence-electron chi connectivity index (χ2n) is 5.33. The first kappa shape index (κ1) is 14.3. The molecule has 1 aliphatic rings. The van der Waals surface area contributed by atoms with E-state index in [2.05, 4.69) is 11.5 Å². The molecule has 0 aliphatic carbocycles. The van der Waals surface area contributed by atoms with Gasteiger partial charge in [-0.3, -0.25) is 11.3 Å². The highest BCUT2D eigenvalue weighted by atomic mass is 16.5.